The highest BCUT2D eigenvalue weighted by atomic mass is 16.5. The third-order valence-electron chi connectivity index (χ3n) is 2.38. The van der Waals surface area contributed by atoms with E-state index in [9.17, 15) is 4.79 Å². The van der Waals surface area contributed by atoms with Crippen molar-refractivity contribution in [1.82, 2.24) is 15.3 Å². The van der Waals surface area contributed by atoms with Gasteiger partial charge in [-0.3, -0.25) is 4.79 Å². The van der Waals surface area contributed by atoms with Crippen LogP contribution >= 0.6 is 0 Å². The predicted molar refractivity (Wildman–Crippen MR) is 69.8 cm³/mol. The van der Waals surface area contributed by atoms with Gasteiger partial charge >= 0.3 is 0 Å². The highest BCUT2D eigenvalue weighted by Crippen LogP contribution is 2.23. The Morgan fingerprint density at radius 1 is 1.37 bits per heavy atom. The minimum absolute atomic E-state index is 0.316. The van der Waals surface area contributed by atoms with Crippen LogP contribution in [0, 0.1) is 0 Å². The molecule has 0 atom stereocenters. The topological polar surface area (TPSA) is 90.1 Å². The number of hydrogen-bond acceptors (Lipinski definition) is 5. The second kappa shape index (κ2) is 5.92. The Balaban J connectivity index is 2.26. The monoisotopic (exact) mass is 258 g/mol. The van der Waals surface area contributed by atoms with Crippen LogP contribution in [0.15, 0.2) is 36.5 Å². The van der Waals surface area contributed by atoms with Crippen molar-refractivity contribution < 1.29 is 9.53 Å². The molecular formula is C13H14N4O2. The zero-order valence-corrected chi connectivity index (χ0v) is 10.5. The minimum Gasteiger partial charge on any atom is -0.438 e. The van der Waals surface area contributed by atoms with E-state index in [1.165, 1.54) is 0 Å². The Morgan fingerprint density at radius 3 is 2.89 bits per heavy atom. The summed E-state index contributed by atoms with van der Waals surface area (Å²) < 4.78 is 5.58. The average Bonchev–Trinajstić information content (AvgIpc) is 2.40. The molecule has 0 saturated heterocycles. The molecule has 1 heterocycles. The smallest absolute Gasteiger partial charge is 0.252 e. The number of hydrogen-bond donors (Lipinski definition) is 2. The normalized spacial score (nSPS) is 10.2. The molecule has 0 unspecified atom stereocenters. The van der Waals surface area contributed by atoms with Gasteiger partial charge in [0, 0.05) is 12.3 Å². The molecule has 0 bridgehead atoms. The molecule has 0 saturated carbocycles. The molecule has 0 aliphatic heterocycles. The lowest BCUT2D eigenvalue weighted by atomic mass is 10.2. The molecule has 1 aromatic carbocycles. The molecule has 98 valence electrons. The van der Waals surface area contributed by atoms with E-state index in [1.807, 2.05) is 0 Å². The van der Waals surface area contributed by atoms with E-state index in [-0.39, 0.29) is 0 Å². The van der Waals surface area contributed by atoms with Gasteiger partial charge in [0.2, 0.25) is 5.88 Å². The van der Waals surface area contributed by atoms with Crippen LogP contribution in [0.1, 0.15) is 16.2 Å². The summed E-state index contributed by atoms with van der Waals surface area (Å²) in [5.41, 5.74) is 5.60. The first-order valence-electron chi connectivity index (χ1n) is 5.74. The summed E-state index contributed by atoms with van der Waals surface area (Å²) in [6, 6.07) is 8.38. The van der Waals surface area contributed by atoms with Crippen LogP contribution in [-0.4, -0.2) is 22.9 Å². The zero-order chi connectivity index (χ0) is 13.7. The van der Waals surface area contributed by atoms with Crippen molar-refractivity contribution in [3.63, 3.8) is 0 Å². The molecule has 0 spiro atoms. The molecule has 1 amide bonds. The van der Waals surface area contributed by atoms with Crippen molar-refractivity contribution in [1.29, 1.82) is 0 Å². The summed E-state index contributed by atoms with van der Waals surface area (Å²) in [6.45, 7) is 0.536. The number of nitrogens with one attached hydrogen (secondary N) is 1. The second-order valence-electron chi connectivity index (χ2n) is 3.80. The molecule has 19 heavy (non-hydrogen) atoms. The van der Waals surface area contributed by atoms with Gasteiger partial charge in [-0.15, -0.1) is 0 Å². The van der Waals surface area contributed by atoms with Crippen LogP contribution in [0.4, 0.5) is 0 Å². The number of nitrogens with two attached hydrogens (primary N) is 1. The van der Waals surface area contributed by atoms with Crippen LogP contribution in [0.2, 0.25) is 0 Å². The SMILES string of the molecule is CNCc1nccc(Oc2ccccc2C(N)=O)n1. The van der Waals surface area contributed by atoms with E-state index in [4.69, 9.17) is 10.5 Å². The van der Waals surface area contributed by atoms with E-state index in [1.54, 1.807) is 43.6 Å². The molecule has 6 nitrogen and oxygen atoms in total. The summed E-state index contributed by atoms with van der Waals surface area (Å²) >= 11 is 0. The molecular weight excluding hydrogens is 244 g/mol. The maximum atomic E-state index is 11.3. The number of aromatic nitrogens is 2. The van der Waals surface area contributed by atoms with Gasteiger partial charge in [0.1, 0.15) is 11.6 Å². The number of carbonyl (C=O) groups excluding carboxylic acids is 1. The van der Waals surface area contributed by atoms with E-state index in [0.29, 0.717) is 29.6 Å². The van der Waals surface area contributed by atoms with Crippen molar-refractivity contribution in [2.45, 2.75) is 6.54 Å². The molecule has 3 N–H and O–H groups in total. The van der Waals surface area contributed by atoms with Crippen LogP contribution < -0.4 is 15.8 Å². The van der Waals surface area contributed by atoms with E-state index >= 15 is 0 Å². The van der Waals surface area contributed by atoms with Gasteiger partial charge in [-0.05, 0) is 19.2 Å². The third kappa shape index (κ3) is 3.26. The lowest BCUT2D eigenvalue weighted by Gasteiger charge is -2.08. The van der Waals surface area contributed by atoms with Gasteiger partial charge in [0.15, 0.2) is 0 Å². The molecule has 0 aliphatic carbocycles. The van der Waals surface area contributed by atoms with Crippen LogP contribution in [0.3, 0.4) is 0 Å². The number of nitrogens with zero attached hydrogens (tertiary/aromatic N) is 2. The average molecular weight is 258 g/mol. The van der Waals surface area contributed by atoms with Gasteiger partial charge < -0.3 is 15.8 Å². The second-order valence-corrected chi connectivity index (χ2v) is 3.80. The first kappa shape index (κ1) is 13.0. The summed E-state index contributed by atoms with van der Waals surface area (Å²) in [7, 11) is 1.80. The molecule has 2 aromatic rings. The highest BCUT2D eigenvalue weighted by molar-refractivity contribution is 5.95. The number of primary amides is 1. The quantitative estimate of drug-likeness (QED) is 0.837. The Kier molecular flexibility index (Phi) is 4.04. The zero-order valence-electron chi connectivity index (χ0n) is 10.5. The third-order valence-corrected chi connectivity index (χ3v) is 2.38. The largest absolute Gasteiger partial charge is 0.438 e. The number of rotatable bonds is 5. The number of amides is 1. The van der Waals surface area contributed by atoms with Crippen LogP contribution in [0.25, 0.3) is 0 Å². The van der Waals surface area contributed by atoms with E-state index in [0.717, 1.165) is 0 Å². The molecule has 0 fully saturated rings. The highest BCUT2D eigenvalue weighted by Gasteiger charge is 2.10. The number of carbonyl (C=O) groups is 1. The van der Waals surface area contributed by atoms with E-state index < -0.39 is 5.91 Å². The van der Waals surface area contributed by atoms with E-state index in [2.05, 4.69) is 15.3 Å². The number of para-hydroxylation sites is 1. The lowest BCUT2D eigenvalue weighted by molar-refractivity contribution is 0.0998. The molecule has 2 rings (SSSR count). The maximum Gasteiger partial charge on any atom is 0.252 e. The Morgan fingerprint density at radius 2 is 2.16 bits per heavy atom. The summed E-state index contributed by atoms with van der Waals surface area (Å²) in [4.78, 5) is 19.6. The van der Waals surface area contributed by atoms with Crippen molar-refractivity contribution >= 4 is 5.91 Å². The fraction of sp³-hybridized carbons (Fsp3) is 0.154. The van der Waals surface area contributed by atoms with Gasteiger partial charge in [0.25, 0.3) is 5.91 Å². The Bertz CT molecular complexity index is 586. The standard InChI is InChI=1S/C13H14N4O2/c1-15-8-11-16-7-6-12(17-11)19-10-5-3-2-4-9(10)13(14)18/h2-7,15H,8H2,1H3,(H2,14,18). The van der Waals surface area contributed by atoms with Crippen molar-refractivity contribution in [2.24, 2.45) is 5.73 Å². The Hall–Kier alpha value is -2.47. The van der Waals surface area contributed by atoms with Gasteiger partial charge in [-0.1, -0.05) is 12.1 Å². The maximum absolute atomic E-state index is 11.3. The van der Waals surface area contributed by atoms with Crippen LogP contribution in [0.5, 0.6) is 11.6 Å². The Labute approximate surface area is 110 Å². The van der Waals surface area contributed by atoms with Crippen molar-refractivity contribution in [3.8, 4) is 11.6 Å². The first-order valence-corrected chi connectivity index (χ1v) is 5.74. The lowest BCUT2D eigenvalue weighted by Crippen LogP contribution is -2.12. The fourth-order valence-electron chi connectivity index (χ4n) is 1.55. The number of ether oxygens (including phenoxy) is 1. The van der Waals surface area contributed by atoms with Gasteiger partial charge in [0.05, 0.1) is 12.1 Å². The van der Waals surface area contributed by atoms with Crippen LogP contribution in [-0.2, 0) is 6.54 Å². The van der Waals surface area contributed by atoms with Gasteiger partial charge in [-0.2, -0.15) is 4.98 Å². The summed E-state index contributed by atoms with van der Waals surface area (Å²) in [5, 5.41) is 2.95. The van der Waals surface area contributed by atoms with Gasteiger partial charge in [-0.25, -0.2) is 4.98 Å². The van der Waals surface area contributed by atoms with Crippen molar-refractivity contribution in [3.05, 3.63) is 47.9 Å². The predicted octanol–water partition coefficient (Wildman–Crippen LogP) is 1.09. The minimum atomic E-state index is -0.542. The first-order chi connectivity index (χ1) is 9.20. The summed E-state index contributed by atoms with van der Waals surface area (Å²) in [6.07, 6.45) is 1.60. The molecule has 1 aromatic heterocycles. The molecule has 6 heteroatoms. The van der Waals surface area contributed by atoms with Crippen molar-refractivity contribution in [2.75, 3.05) is 7.05 Å². The molecule has 0 aliphatic rings. The number of benzene rings is 1. The summed E-state index contributed by atoms with van der Waals surface area (Å²) in [5.74, 6) is 0.815. The molecule has 0 radical (unpaired) electrons. The fourth-order valence-corrected chi connectivity index (χ4v) is 1.55.